The number of hydrogen-bond donors (Lipinski definition) is 0. The number of carbonyl (C=O) groups excluding carboxylic acids is 1. The third kappa shape index (κ3) is 3.63. The van der Waals surface area contributed by atoms with Crippen molar-refractivity contribution >= 4 is 5.97 Å². The van der Waals surface area contributed by atoms with Gasteiger partial charge in [0.25, 0.3) is 0 Å². The molecule has 1 saturated carbocycles. The Hall–Kier alpha value is -1.29. The molecule has 0 spiro atoms. The van der Waals surface area contributed by atoms with Crippen molar-refractivity contribution in [1.82, 2.24) is 0 Å². The highest BCUT2D eigenvalue weighted by Crippen LogP contribution is 2.32. The van der Waals surface area contributed by atoms with Crippen molar-refractivity contribution in [2.45, 2.75) is 58.2 Å². The molecule has 0 aromatic carbocycles. The molecule has 4 heteroatoms. The molecule has 1 heterocycles. The van der Waals surface area contributed by atoms with Gasteiger partial charge in [0.15, 0.2) is 0 Å². The Kier molecular flexibility index (Phi) is 5.24. The van der Waals surface area contributed by atoms with Crippen LogP contribution in [0.2, 0.25) is 0 Å². The second-order valence-corrected chi connectivity index (χ2v) is 5.53. The first-order valence-electron chi connectivity index (χ1n) is 7.47. The first-order valence-corrected chi connectivity index (χ1v) is 7.47. The summed E-state index contributed by atoms with van der Waals surface area (Å²) in [4.78, 5) is 11.4. The monoisotopic (exact) mass is 280 g/mol. The molecule has 1 aliphatic carbocycles. The summed E-state index contributed by atoms with van der Waals surface area (Å²) in [6, 6.07) is 3.42. The molecule has 1 aromatic heterocycles. The molecule has 1 aliphatic rings. The van der Waals surface area contributed by atoms with Crippen molar-refractivity contribution in [2.75, 3.05) is 7.11 Å². The van der Waals surface area contributed by atoms with Gasteiger partial charge < -0.3 is 13.9 Å². The molecule has 1 aromatic rings. The lowest BCUT2D eigenvalue weighted by molar-refractivity contribution is -0.0426. The summed E-state index contributed by atoms with van der Waals surface area (Å²) < 4.78 is 16.2. The number of methoxy groups -OCH3 is 1. The maximum atomic E-state index is 11.4. The van der Waals surface area contributed by atoms with E-state index in [9.17, 15) is 4.79 Å². The van der Waals surface area contributed by atoms with E-state index in [1.807, 2.05) is 6.92 Å². The van der Waals surface area contributed by atoms with Gasteiger partial charge in [0.05, 0.1) is 13.2 Å². The van der Waals surface area contributed by atoms with Gasteiger partial charge in [0.2, 0.25) is 5.76 Å². The van der Waals surface area contributed by atoms with Crippen LogP contribution >= 0.6 is 0 Å². The molecule has 0 amide bonds. The van der Waals surface area contributed by atoms with E-state index in [0.717, 1.165) is 18.8 Å². The molecular formula is C16H24O4. The van der Waals surface area contributed by atoms with Gasteiger partial charge >= 0.3 is 5.97 Å². The van der Waals surface area contributed by atoms with Crippen LogP contribution in [0.4, 0.5) is 0 Å². The Balaban J connectivity index is 1.92. The van der Waals surface area contributed by atoms with Crippen LogP contribution in [0.15, 0.2) is 16.5 Å². The minimum atomic E-state index is -0.452. The SMILES string of the molecule is CCC1CCCC(OC(C)c2ccc(C(=O)OC)o2)C1. The van der Waals surface area contributed by atoms with Crippen LogP contribution in [0.3, 0.4) is 0 Å². The van der Waals surface area contributed by atoms with E-state index >= 15 is 0 Å². The molecule has 3 atom stereocenters. The summed E-state index contributed by atoms with van der Waals surface area (Å²) in [7, 11) is 1.34. The highest BCUT2D eigenvalue weighted by Gasteiger charge is 2.24. The quantitative estimate of drug-likeness (QED) is 0.761. The smallest absolute Gasteiger partial charge is 0.373 e. The minimum absolute atomic E-state index is 0.131. The summed E-state index contributed by atoms with van der Waals surface area (Å²) >= 11 is 0. The lowest BCUT2D eigenvalue weighted by atomic mass is 9.85. The number of esters is 1. The molecule has 0 N–H and O–H groups in total. The summed E-state index contributed by atoms with van der Waals surface area (Å²) in [5.74, 6) is 1.24. The molecule has 3 unspecified atom stereocenters. The molecule has 0 saturated heterocycles. The van der Waals surface area contributed by atoms with Gasteiger partial charge in [-0.25, -0.2) is 4.79 Å². The first kappa shape index (κ1) is 15.1. The molecule has 4 nitrogen and oxygen atoms in total. The predicted molar refractivity (Wildman–Crippen MR) is 75.6 cm³/mol. The fourth-order valence-corrected chi connectivity index (χ4v) is 2.87. The Labute approximate surface area is 120 Å². The van der Waals surface area contributed by atoms with Crippen molar-refractivity contribution in [2.24, 2.45) is 5.92 Å². The fourth-order valence-electron chi connectivity index (χ4n) is 2.87. The average Bonchev–Trinajstić information content (AvgIpc) is 2.96. The Morgan fingerprint density at radius 1 is 1.45 bits per heavy atom. The van der Waals surface area contributed by atoms with Crippen LogP contribution < -0.4 is 0 Å². The molecule has 0 radical (unpaired) electrons. The summed E-state index contributed by atoms with van der Waals surface area (Å²) in [6.07, 6.45) is 6.20. The second-order valence-electron chi connectivity index (χ2n) is 5.53. The highest BCUT2D eigenvalue weighted by atomic mass is 16.5. The first-order chi connectivity index (χ1) is 9.63. The van der Waals surface area contributed by atoms with Crippen molar-refractivity contribution in [3.8, 4) is 0 Å². The third-order valence-corrected chi connectivity index (χ3v) is 4.12. The van der Waals surface area contributed by atoms with Crippen LogP contribution in [-0.2, 0) is 9.47 Å². The average molecular weight is 280 g/mol. The van der Waals surface area contributed by atoms with E-state index in [0.29, 0.717) is 11.9 Å². The summed E-state index contributed by atoms with van der Waals surface area (Å²) in [5.41, 5.74) is 0. The van der Waals surface area contributed by atoms with E-state index < -0.39 is 5.97 Å². The van der Waals surface area contributed by atoms with E-state index in [2.05, 4.69) is 11.7 Å². The topological polar surface area (TPSA) is 48.7 Å². The molecule has 2 rings (SSSR count). The van der Waals surface area contributed by atoms with E-state index in [-0.39, 0.29) is 11.9 Å². The molecule has 20 heavy (non-hydrogen) atoms. The van der Waals surface area contributed by atoms with Crippen LogP contribution in [0.25, 0.3) is 0 Å². The molecule has 0 bridgehead atoms. The van der Waals surface area contributed by atoms with E-state index in [1.165, 1.54) is 26.4 Å². The standard InChI is InChI=1S/C16H24O4/c1-4-12-6-5-7-13(10-12)19-11(2)14-8-9-15(20-14)16(17)18-3/h8-9,11-13H,4-7,10H2,1-3H3. The number of furan rings is 1. The van der Waals surface area contributed by atoms with Crippen molar-refractivity contribution in [3.63, 3.8) is 0 Å². The molecule has 0 aliphatic heterocycles. The van der Waals surface area contributed by atoms with E-state index in [1.54, 1.807) is 12.1 Å². The molecular weight excluding hydrogens is 256 g/mol. The highest BCUT2D eigenvalue weighted by molar-refractivity contribution is 5.86. The zero-order valence-corrected chi connectivity index (χ0v) is 12.6. The number of hydrogen-bond acceptors (Lipinski definition) is 4. The minimum Gasteiger partial charge on any atom is -0.463 e. The Morgan fingerprint density at radius 3 is 2.95 bits per heavy atom. The fraction of sp³-hybridized carbons (Fsp3) is 0.688. The number of ether oxygens (including phenoxy) is 2. The Morgan fingerprint density at radius 2 is 2.25 bits per heavy atom. The van der Waals surface area contributed by atoms with Gasteiger partial charge in [-0.2, -0.15) is 0 Å². The molecule has 1 fully saturated rings. The number of carbonyl (C=O) groups is 1. The Bertz CT molecular complexity index is 437. The maximum Gasteiger partial charge on any atom is 0.373 e. The van der Waals surface area contributed by atoms with Gasteiger partial charge in [-0.1, -0.05) is 26.2 Å². The van der Waals surface area contributed by atoms with Crippen molar-refractivity contribution in [1.29, 1.82) is 0 Å². The predicted octanol–water partition coefficient (Wildman–Crippen LogP) is 4.11. The molecule has 112 valence electrons. The summed E-state index contributed by atoms with van der Waals surface area (Å²) in [5, 5.41) is 0. The van der Waals surface area contributed by atoms with Gasteiger partial charge in [-0.3, -0.25) is 0 Å². The second kappa shape index (κ2) is 6.93. The van der Waals surface area contributed by atoms with Crippen LogP contribution in [0.1, 0.15) is 68.4 Å². The maximum absolute atomic E-state index is 11.4. The zero-order valence-electron chi connectivity index (χ0n) is 12.6. The van der Waals surface area contributed by atoms with Crippen LogP contribution in [-0.4, -0.2) is 19.2 Å². The third-order valence-electron chi connectivity index (χ3n) is 4.12. The zero-order chi connectivity index (χ0) is 14.5. The largest absolute Gasteiger partial charge is 0.463 e. The van der Waals surface area contributed by atoms with Crippen LogP contribution in [0, 0.1) is 5.92 Å². The van der Waals surface area contributed by atoms with Gasteiger partial charge in [0.1, 0.15) is 11.9 Å². The van der Waals surface area contributed by atoms with Gasteiger partial charge in [-0.15, -0.1) is 0 Å². The van der Waals surface area contributed by atoms with Crippen molar-refractivity contribution < 1.29 is 18.7 Å². The lowest BCUT2D eigenvalue weighted by Gasteiger charge is -2.30. The van der Waals surface area contributed by atoms with Crippen molar-refractivity contribution in [3.05, 3.63) is 23.7 Å². The lowest BCUT2D eigenvalue weighted by Crippen LogP contribution is -2.23. The van der Waals surface area contributed by atoms with Gasteiger partial charge in [0, 0.05) is 0 Å². The van der Waals surface area contributed by atoms with Crippen LogP contribution in [0.5, 0.6) is 0 Å². The van der Waals surface area contributed by atoms with Gasteiger partial charge in [-0.05, 0) is 37.8 Å². The summed E-state index contributed by atoms with van der Waals surface area (Å²) in [6.45, 7) is 4.21. The normalized spacial score (nSPS) is 24.4. The number of rotatable bonds is 5. The van der Waals surface area contributed by atoms with E-state index in [4.69, 9.17) is 9.15 Å².